The third-order valence-corrected chi connectivity index (χ3v) is 5.14. The van der Waals surface area contributed by atoms with Gasteiger partial charge in [0.15, 0.2) is 5.13 Å². The highest BCUT2D eigenvalue weighted by Gasteiger charge is 2.37. The summed E-state index contributed by atoms with van der Waals surface area (Å²) in [6, 6.07) is 7.75. The third-order valence-electron chi connectivity index (χ3n) is 3.99. The van der Waals surface area contributed by atoms with E-state index in [9.17, 15) is 4.79 Å². The number of carbonyl (C=O) groups excluding carboxylic acids is 1. The molecule has 3 N–H and O–H groups in total. The normalized spacial score (nSPS) is 15.9. The number of anilines is 1. The van der Waals surface area contributed by atoms with Crippen LogP contribution in [0, 0.1) is 0 Å². The van der Waals surface area contributed by atoms with E-state index in [0.717, 1.165) is 47.6 Å². The average Bonchev–Trinajstić information content (AvgIpc) is 3.09. The molecule has 0 spiro atoms. The fourth-order valence-electron chi connectivity index (χ4n) is 2.75. The Morgan fingerprint density at radius 2 is 2.13 bits per heavy atom. The van der Waals surface area contributed by atoms with Crippen molar-refractivity contribution >= 4 is 46.4 Å². The maximum Gasteiger partial charge on any atom is 0.246 e. The van der Waals surface area contributed by atoms with Crippen LogP contribution in [0.4, 0.5) is 5.13 Å². The van der Waals surface area contributed by atoms with Crippen molar-refractivity contribution in [3.05, 3.63) is 45.9 Å². The fraction of sp³-hybridized carbons (Fsp3) is 0.375. The van der Waals surface area contributed by atoms with E-state index in [4.69, 9.17) is 17.3 Å². The third kappa shape index (κ3) is 4.44. The first-order valence-corrected chi connectivity index (χ1v) is 8.54. The molecule has 1 aromatic carbocycles. The molecule has 0 aliphatic heterocycles. The molecule has 1 aromatic heterocycles. The van der Waals surface area contributed by atoms with Crippen LogP contribution in [0.15, 0.2) is 30.5 Å². The van der Waals surface area contributed by atoms with E-state index in [1.807, 2.05) is 24.3 Å². The van der Waals surface area contributed by atoms with E-state index in [1.54, 1.807) is 6.20 Å². The first-order chi connectivity index (χ1) is 10.5. The maximum atomic E-state index is 12.3. The lowest BCUT2D eigenvalue weighted by molar-refractivity contribution is -0.121. The Bertz CT molecular complexity index is 683. The van der Waals surface area contributed by atoms with Crippen molar-refractivity contribution in [3.63, 3.8) is 0 Å². The number of benzene rings is 1. The van der Waals surface area contributed by atoms with Gasteiger partial charge in [-0.15, -0.1) is 23.7 Å². The molecule has 0 bridgehead atoms. The zero-order valence-corrected chi connectivity index (χ0v) is 14.9. The van der Waals surface area contributed by atoms with E-state index >= 15 is 0 Å². The number of amides is 1. The van der Waals surface area contributed by atoms with Crippen LogP contribution >= 0.6 is 35.3 Å². The highest BCUT2D eigenvalue weighted by Crippen LogP contribution is 2.29. The Balaban J connectivity index is 0.00000192. The first kappa shape index (κ1) is 18.2. The molecule has 0 atom stereocenters. The molecule has 23 heavy (non-hydrogen) atoms. The number of nitrogens with one attached hydrogen (secondary N) is 1. The van der Waals surface area contributed by atoms with Gasteiger partial charge in [0.25, 0.3) is 0 Å². The van der Waals surface area contributed by atoms with Gasteiger partial charge in [-0.3, -0.25) is 4.79 Å². The summed E-state index contributed by atoms with van der Waals surface area (Å²) in [7, 11) is 0. The molecule has 1 aliphatic carbocycles. The minimum atomic E-state index is -0.723. The fourth-order valence-corrected chi connectivity index (χ4v) is 3.80. The summed E-state index contributed by atoms with van der Waals surface area (Å²) >= 11 is 7.47. The number of hydrogen-bond acceptors (Lipinski definition) is 4. The zero-order chi connectivity index (χ0) is 15.6. The summed E-state index contributed by atoms with van der Waals surface area (Å²) in [5.74, 6) is -0.117. The molecule has 1 saturated carbocycles. The highest BCUT2D eigenvalue weighted by atomic mass is 35.5. The van der Waals surface area contributed by atoms with Crippen molar-refractivity contribution in [1.82, 2.24) is 4.98 Å². The number of carbonyl (C=O) groups is 1. The van der Waals surface area contributed by atoms with Gasteiger partial charge in [-0.1, -0.05) is 36.6 Å². The molecule has 7 heteroatoms. The van der Waals surface area contributed by atoms with Crippen molar-refractivity contribution in [1.29, 1.82) is 0 Å². The average molecular weight is 372 g/mol. The standard InChI is InChI=1S/C16H18ClN3OS.ClH/c17-12-5-3-4-11(8-12)9-13-10-19-15(22-13)20-14(21)16(18)6-1-2-7-16;/h3-5,8,10H,1-2,6-7,9,18H2,(H,19,20,21);1H. The quantitative estimate of drug-likeness (QED) is 0.852. The van der Waals surface area contributed by atoms with Crippen LogP contribution in [0.2, 0.25) is 5.02 Å². The number of thiazole rings is 1. The SMILES string of the molecule is Cl.NC1(C(=O)Nc2ncc(Cc3cccc(Cl)c3)s2)CCCC1. The number of nitrogens with two attached hydrogens (primary N) is 1. The maximum absolute atomic E-state index is 12.3. The highest BCUT2D eigenvalue weighted by molar-refractivity contribution is 7.15. The number of hydrogen-bond donors (Lipinski definition) is 2. The molecule has 124 valence electrons. The molecule has 1 heterocycles. The van der Waals surface area contributed by atoms with Crippen molar-refractivity contribution in [2.45, 2.75) is 37.6 Å². The lowest BCUT2D eigenvalue weighted by Gasteiger charge is -2.21. The Hall–Kier alpha value is -1.14. The van der Waals surface area contributed by atoms with Crippen LogP contribution in [0.5, 0.6) is 0 Å². The van der Waals surface area contributed by atoms with Gasteiger partial charge in [-0.05, 0) is 30.5 Å². The second-order valence-electron chi connectivity index (χ2n) is 5.76. The monoisotopic (exact) mass is 371 g/mol. The van der Waals surface area contributed by atoms with Crippen molar-refractivity contribution in [3.8, 4) is 0 Å². The van der Waals surface area contributed by atoms with E-state index in [2.05, 4.69) is 10.3 Å². The van der Waals surface area contributed by atoms with Gasteiger partial charge in [0.1, 0.15) is 0 Å². The predicted molar refractivity (Wildman–Crippen MR) is 97.6 cm³/mol. The number of rotatable bonds is 4. The number of nitrogens with zero attached hydrogens (tertiary/aromatic N) is 1. The van der Waals surface area contributed by atoms with Crippen molar-refractivity contribution < 1.29 is 4.79 Å². The van der Waals surface area contributed by atoms with E-state index in [0.29, 0.717) is 5.13 Å². The molecule has 2 aromatic rings. The Kier molecular flexibility index (Phi) is 6.03. The molecule has 0 saturated heterocycles. The number of aromatic nitrogens is 1. The van der Waals surface area contributed by atoms with E-state index in [1.165, 1.54) is 11.3 Å². The van der Waals surface area contributed by atoms with E-state index in [-0.39, 0.29) is 18.3 Å². The van der Waals surface area contributed by atoms with Gasteiger partial charge in [-0.2, -0.15) is 0 Å². The second kappa shape index (κ2) is 7.62. The van der Waals surface area contributed by atoms with Gasteiger partial charge >= 0.3 is 0 Å². The van der Waals surface area contributed by atoms with Gasteiger partial charge < -0.3 is 11.1 Å². The molecular weight excluding hydrogens is 353 g/mol. The minimum absolute atomic E-state index is 0. The Morgan fingerprint density at radius 1 is 1.39 bits per heavy atom. The Labute approximate surface area is 150 Å². The number of halogens is 2. The summed E-state index contributed by atoms with van der Waals surface area (Å²) in [6.07, 6.45) is 6.07. The molecule has 1 fully saturated rings. The summed E-state index contributed by atoms with van der Waals surface area (Å²) in [5.41, 5.74) is 6.55. The van der Waals surface area contributed by atoms with Crippen molar-refractivity contribution in [2.75, 3.05) is 5.32 Å². The van der Waals surface area contributed by atoms with Crippen LogP contribution in [0.1, 0.15) is 36.1 Å². The zero-order valence-electron chi connectivity index (χ0n) is 12.5. The molecule has 1 amide bonds. The van der Waals surface area contributed by atoms with Crippen LogP contribution in [-0.2, 0) is 11.2 Å². The lowest BCUT2D eigenvalue weighted by Crippen LogP contribution is -2.48. The van der Waals surface area contributed by atoms with Crippen LogP contribution in [0.25, 0.3) is 0 Å². The smallest absolute Gasteiger partial charge is 0.246 e. The minimum Gasteiger partial charge on any atom is -0.317 e. The van der Waals surface area contributed by atoms with Crippen LogP contribution < -0.4 is 11.1 Å². The second-order valence-corrected chi connectivity index (χ2v) is 7.31. The lowest BCUT2D eigenvalue weighted by atomic mass is 9.98. The summed E-state index contributed by atoms with van der Waals surface area (Å²) in [4.78, 5) is 17.6. The van der Waals surface area contributed by atoms with Crippen LogP contribution in [0.3, 0.4) is 0 Å². The predicted octanol–water partition coefficient (Wildman–Crippen LogP) is 4.02. The van der Waals surface area contributed by atoms with E-state index < -0.39 is 5.54 Å². The topological polar surface area (TPSA) is 68.0 Å². The first-order valence-electron chi connectivity index (χ1n) is 7.35. The summed E-state index contributed by atoms with van der Waals surface area (Å²) in [5, 5.41) is 4.19. The van der Waals surface area contributed by atoms with Gasteiger partial charge in [-0.25, -0.2) is 4.98 Å². The largest absolute Gasteiger partial charge is 0.317 e. The molecule has 4 nitrogen and oxygen atoms in total. The summed E-state index contributed by atoms with van der Waals surface area (Å²) in [6.45, 7) is 0. The van der Waals surface area contributed by atoms with Gasteiger partial charge in [0, 0.05) is 22.5 Å². The molecule has 0 radical (unpaired) electrons. The molecule has 1 aliphatic rings. The van der Waals surface area contributed by atoms with Gasteiger partial charge in [0.2, 0.25) is 5.91 Å². The molecule has 0 unspecified atom stereocenters. The van der Waals surface area contributed by atoms with Crippen LogP contribution in [-0.4, -0.2) is 16.4 Å². The van der Waals surface area contributed by atoms with Gasteiger partial charge in [0.05, 0.1) is 5.54 Å². The molecule has 3 rings (SSSR count). The van der Waals surface area contributed by atoms with Crippen molar-refractivity contribution in [2.24, 2.45) is 5.73 Å². The Morgan fingerprint density at radius 3 is 2.83 bits per heavy atom. The molecular formula is C16H19Cl2N3OS. The summed E-state index contributed by atoms with van der Waals surface area (Å²) < 4.78 is 0.